The number of benzene rings is 1. The summed E-state index contributed by atoms with van der Waals surface area (Å²) >= 11 is 0. The molecule has 1 aliphatic carbocycles. The fourth-order valence-corrected chi connectivity index (χ4v) is 2.10. The number of carbonyl (C=O) groups excluding carboxylic acids is 1. The summed E-state index contributed by atoms with van der Waals surface area (Å²) in [4.78, 5) is 11.4. The molecule has 1 aliphatic rings. The number of anilines is 1. The molecule has 0 unspecified atom stereocenters. The smallest absolute Gasteiger partial charge is 0.224 e. The number of fused-ring (bicyclic) bond motifs is 1. The standard InChI is InChI=1S/C13H17NO/c1-2-4-13(15)14-12-8-7-10-5-3-6-11(10)9-12/h7-9H,2-6H2,1H3,(H,14,15). The summed E-state index contributed by atoms with van der Waals surface area (Å²) in [7, 11) is 0. The Balaban J connectivity index is 2.06. The molecule has 2 nitrogen and oxygen atoms in total. The van der Waals surface area contributed by atoms with E-state index in [1.807, 2.05) is 13.0 Å². The molecule has 0 saturated heterocycles. The van der Waals surface area contributed by atoms with Crippen molar-refractivity contribution >= 4 is 11.6 Å². The van der Waals surface area contributed by atoms with Crippen LogP contribution in [0.25, 0.3) is 0 Å². The first kappa shape index (κ1) is 10.2. The Bertz CT molecular complexity index is 371. The van der Waals surface area contributed by atoms with Crippen molar-refractivity contribution < 1.29 is 4.79 Å². The Labute approximate surface area is 90.7 Å². The molecule has 0 bridgehead atoms. The van der Waals surface area contributed by atoms with Crippen LogP contribution in [-0.2, 0) is 17.6 Å². The average Bonchev–Trinajstić information content (AvgIpc) is 2.65. The topological polar surface area (TPSA) is 29.1 Å². The van der Waals surface area contributed by atoms with Gasteiger partial charge >= 0.3 is 0 Å². The Kier molecular flexibility index (Phi) is 3.05. The third-order valence-electron chi connectivity index (χ3n) is 2.86. The zero-order chi connectivity index (χ0) is 10.7. The maximum Gasteiger partial charge on any atom is 0.224 e. The second kappa shape index (κ2) is 4.47. The summed E-state index contributed by atoms with van der Waals surface area (Å²) in [6.45, 7) is 2.02. The molecular formula is C13H17NO. The summed E-state index contributed by atoms with van der Waals surface area (Å²) in [6.07, 6.45) is 5.11. The maximum absolute atomic E-state index is 11.4. The molecule has 2 heteroatoms. The molecule has 1 N–H and O–H groups in total. The summed E-state index contributed by atoms with van der Waals surface area (Å²) in [5.41, 5.74) is 3.81. The molecule has 15 heavy (non-hydrogen) atoms. The number of amides is 1. The fraction of sp³-hybridized carbons (Fsp3) is 0.462. The lowest BCUT2D eigenvalue weighted by Crippen LogP contribution is -2.10. The van der Waals surface area contributed by atoms with E-state index in [0.29, 0.717) is 6.42 Å². The van der Waals surface area contributed by atoms with Crippen LogP contribution in [0.2, 0.25) is 0 Å². The van der Waals surface area contributed by atoms with Crippen molar-refractivity contribution in [1.29, 1.82) is 0 Å². The predicted octanol–water partition coefficient (Wildman–Crippen LogP) is 2.91. The molecule has 0 saturated carbocycles. The number of nitrogens with one attached hydrogen (secondary N) is 1. The lowest BCUT2D eigenvalue weighted by atomic mass is 10.1. The van der Waals surface area contributed by atoms with Crippen molar-refractivity contribution in [1.82, 2.24) is 0 Å². The van der Waals surface area contributed by atoms with E-state index in [0.717, 1.165) is 18.5 Å². The molecule has 0 atom stereocenters. The second-order valence-electron chi connectivity index (χ2n) is 4.14. The van der Waals surface area contributed by atoms with Crippen LogP contribution < -0.4 is 5.32 Å². The fourth-order valence-electron chi connectivity index (χ4n) is 2.10. The van der Waals surface area contributed by atoms with Gasteiger partial charge in [0.15, 0.2) is 0 Å². The van der Waals surface area contributed by atoms with E-state index in [1.165, 1.54) is 24.0 Å². The van der Waals surface area contributed by atoms with E-state index in [4.69, 9.17) is 0 Å². The molecule has 0 fully saturated rings. The van der Waals surface area contributed by atoms with Gasteiger partial charge in [0.05, 0.1) is 0 Å². The van der Waals surface area contributed by atoms with Crippen LogP contribution in [0.3, 0.4) is 0 Å². The minimum absolute atomic E-state index is 0.121. The number of carbonyl (C=O) groups is 1. The van der Waals surface area contributed by atoms with Crippen LogP contribution in [0.1, 0.15) is 37.3 Å². The van der Waals surface area contributed by atoms with Gasteiger partial charge in [0, 0.05) is 12.1 Å². The predicted molar refractivity (Wildman–Crippen MR) is 62.0 cm³/mol. The average molecular weight is 203 g/mol. The van der Waals surface area contributed by atoms with Crippen LogP contribution in [-0.4, -0.2) is 5.91 Å². The minimum atomic E-state index is 0.121. The molecule has 2 rings (SSSR count). The minimum Gasteiger partial charge on any atom is -0.326 e. The zero-order valence-corrected chi connectivity index (χ0v) is 9.18. The first-order valence-electron chi connectivity index (χ1n) is 5.71. The summed E-state index contributed by atoms with van der Waals surface area (Å²) in [5.74, 6) is 0.121. The van der Waals surface area contributed by atoms with Crippen LogP contribution in [0.5, 0.6) is 0 Å². The quantitative estimate of drug-likeness (QED) is 0.804. The lowest BCUT2D eigenvalue weighted by Gasteiger charge is -2.06. The SMILES string of the molecule is CCCC(=O)Nc1ccc2c(c1)CCC2. The lowest BCUT2D eigenvalue weighted by molar-refractivity contribution is -0.116. The molecule has 0 aliphatic heterocycles. The van der Waals surface area contributed by atoms with Gasteiger partial charge in [0.25, 0.3) is 0 Å². The largest absolute Gasteiger partial charge is 0.326 e. The van der Waals surface area contributed by atoms with E-state index in [2.05, 4.69) is 17.4 Å². The summed E-state index contributed by atoms with van der Waals surface area (Å²) in [6, 6.07) is 6.28. The molecule has 0 spiro atoms. The van der Waals surface area contributed by atoms with Gasteiger partial charge in [-0.2, -0.15) is 0 Å². The molecule has 0 aromatic heterocycles. The van der Waals surface area contributed by atoms with Gasteiger partial charge in [-0.05, 0) is 48.9 Å². The second-order valence-corrected chi connectivity index (χ2v) is 4.14. The Morgan fingerprint density at radius 2 is 2.13 bits per heavy atom. The van der Waals surface area contributed by atoms with Crippen LogP contribution >= 0.6 is 0 Å². The molecule has 0 heterocycles. The molecular weight excluding hydrogens is 186 g/mol. The molecule has 80 valence electrons. The molecule has 1 aromatic rings. The highest BCUT2D eigenvalue weighted by molar-refractivity contribution is 5.90. The highest BCUT2D eigenvalue weighted by Gasteiger charge is 2.11. The molecule has 1 amide bonds. The van der Waals surface area contributed by atoms with Gasteiger partial charge in [0.1, 0.15) is 0 Å². The molecule has 0 radical (unpaired) electrons. The monoisotopic (exact) mass is 203 g/mol. The van der Waals surface area contributed by atoms with Gasteiger partial charge in [-0.25, -0.2) is 0 Å². The van der Waals surface area contributed by atoms with Gasteiger partial charge in [-0.15, -0.1) is 0 Å². The van der Waals surface area contributed by atoms with Gasteiger partial charge in [0.2, 0.25) is 5.91 Å². The Hall–Kier alpha value is -1.31. The number of aryl methyl sites for hydroxylation is 2. The van der Waals surface area contributed by atoms with E-state index in [9.17, 15) is 4.79 Å². The van der Waals surface area contributed by atoms with Crippen molar-refractivity contribution in [3.05, 3.63) is 29.3 Å². The summed E-state index contributed by atoms with van der Waals surface area (Å²) in [5, 5.41) is 2.93. The number of hydrogen-bond donors (Lipinski definition) is 1. The van der Waals surface area contributed by atoms with E-state index < -0.39 is 0 Å². The van der Waals surface area contributed by atoms with Crippen LogP contribution in [0.4, 0.5) is 5.69 Å². The van der Waals surface area contributed by atoms with Gasteiger partial charge < -0.3 is 5.32 Å². The first-order chi connectivity index (χ1) is 7.29. The van der Waals surface area contributed by atoms with Gasteiger partial charge in [-0.1, -0.05) is 13.0 Å². The van der Waals surface area contributed by atoms with Crippen molar-refractivity contribution in [3.8, 4) is 0 Å². The zero-order valence-electron chi connectivity index (χ0n) is 9.18. The van der Waals surface area contributed by atoms with Gasteiger partial charge in [-0.3, -0.25) is 4.79 Å². The van der Waals surface area contributed by atoms with Crippen molar-refractivity contribution in [2.24, 2.45) is 0 Å². The Morgan fingerprint density at radius 1 is 1.33 bits per heavy atom. The maximum atomic E-state index is 11.4. The highest BCUT2D eigenvalue weighted by Crippen LogP contribution is 2.24. The van der Waals surface area contributed by atoms with Crippen LogP contribution in [0, 0.1) is 0 Å². The van der Waals surface area contributed by atoms with E-state index in [1.54, 1.807) is 0 Å². The van der Waals surface area contributed by atoms with E-state index >= 15 is 0 Å². The van der Waals surface area contributed by atoms with Crippen molar-refractivity contribution in [3.63, 3.8) is 0 Å². The first-order valence-corrected chi connectivity index (χ1v) is 5.71. The molecule has 1 aromatic carbocycles. The number of hydrogen-bond acceptors (Lipinski definition) is 1. The van der Waals surface area contributed by atoms with Crippen molar-refractivity contribution in [2.75, 3.05) is 5.32 Å². The van der Waals surface area contributed by atoms with Crippen molar-refractivity contribution in [2.45, 2.75) is 39.0 Å². The third-order valence-corrected chi connectivity index (χ3v) is 2.86. The number of rotatable bonds is 3. The third kappa shape index (κ3) is 2.38. The van der Waals surface area contributed by atoms with E-state index in [-0.39, 0.29) is 5.91 Å². The summed E-state index contributed by atoms with van der Waals surface area (Å²) < 4.78 is 0. The van der Waals surface area contributed by atoms with Crippen LogP contribution in [0.15, 0.2) is 18.2 Å². The normalized spacial score (nSPS) is 13.7. The Morgan fingerprint density at radius 3 is 2.93 bits per heavy atom. The highest BCUT2D eigenvalue weighted by atomic mass is 16.1.